The first-order valence-corrected chi connectivity index (χ1v) is 13.2. The van der Waals surface area contributed by atoms with Gasteiger partial charge in [0.1, 0.15) is 16.0 Å². The van der Waals surface area contributed by atoms with Crippen molar-refractivity contribution in [1.82, 2.24) is 0 Å². The van der Waals surface area contributed by atoms with Gasteiger partial charge in [-0.2, -0.15) is 0 Å². The van der Waals surface area contributed by atoms with Crippen molar-refractivity contribution in [1.29, 1.82) is 0 Å². The number of hydrogen-bond donors (Lipinski definition) is 0. The summed E-state index contributed by atoms with van der Waals surface area (Å²) in [4.78, 5) is 24.7. The van der Waals surface area contributed by atoms with Crippen molar-refractivity contribution in [3.63, 3.8) is 0 Å². The zero-order valence-corrected chi connectivity index (χ0v) is 20.3. The lowest BCUT2D eigenvalue weighted by atomic mass is 10.4. The molecule has 0 aliphatic carbocycles. The minimum absolute atomic E-state index is 0.325. The molecule has 0 N–H and O–H groups in total. The Labute approximate surface area is 186 Å². The maximum Gasteiger partial charge on any atom is 0.350 e. The minimum atomic E-state index is -0.325. The highest BCUT2D eigenvalue weighted by Crippen LogP contribution is 2.36. The number of rotatable bonds is 9. The lowest BCUT2D eigenvalue weighted by Gasteiger charge is -2.03. The SMILES string of the molecule is COC(=O)c1sc(=S)sc1SCCCCSc1sc(=S)sc1C(=O)OC. The van der Waals surface area contributed by atoms with Crippen molar-refractivity contribution in [3.8, 4) is 0 Å². The summed E-state index contributed by atoms with van der Waals surface area (Å²) in [5, 5.41) is 0. The van der Waals surface area contributed by atoms with E-state index in [4.69, 9.17) is 33.9 Å². The van der Waals surface area contributed by atoms with E-state index in [1.54, 1.807) is 23.5 Å². The zero-order chi connectivity index (χ0) is 19.1. The van der Waals surface area contributed by atoms with E-state index in [1.807, 2.05) is 0 Å². The van der Waals surface area contributed by atoms with Crippen molar-refractivity contribution in [2.24, 2.45) is 0 Å². The molecule has 0 aliphatic heterocycles. The van der Waals surface area contributed by atoms with Crippen LogP contribution in [0.4, 0.5) is 0 Å². The van der Waals surface area contributed by atoms with E-state index in [0.29, 0.717) is 9.75 Å². The molecular formula is C14H14O4S8. The quantitative estimate of drug-likeness (QED) is 0.164. The summed E-state index contributed by atoms with van der Waals surface area (Å²) in [6.07, 6.45) is 1.99. The highest BCUT2D eigenvalue weighted by Gasteiger charge is 2.17. The summed E-state index contributed by atoms with van der Waals surface area (Å²) >= 11 is 19.2. The smallest absolute Gasteiger partial charge is 0.350 e. The van der Waals surface area contributed by atoms with Crippen molar-refractivity contribution in [2.75, 3.05) is 25.7 Å². The first-order chi connectivity index (χ1) is 12.5. The van der Waals surface area contributed by atoms with Gasteiger partial charge in [-0.1, -0.05) is 24.4 Å². The van der Waals surface area contributed by atoms with E-state index in [-0.39, 0.29) is 11.9 Å². The van der Waals surface area contributed by atoms with Gasteiger partial charge in [-0.15, -0.1) is 68.9 Å². The molecule has 12 heteroatoms. The zero-order valence-electron chi connectivity index (χ0n) is 13.7. The van der Waals surface area contributed by atoms with Gasteiger partial charge < -0.3 is 9.47 Å². The Morgan fingerprint density at radius 2 is 1.19 bits per heavy atom. The molecule has 0 aliphatic rings. The van der Waals surface area contributed by atoms with Gasteiger partial charge in [0.2, 0.25) is 0 Å². The van der Waals surface area contributed by atoms with Crippen LogP contribution in [0.3, 0.4) is 0 Å². The second-order valence-electron chi connectivity index (χ2n) is 4.53. The second kappa shape index (κ2) is 11.2. The van der Waals surface area contributed by atoms with Crippen molar-refractivity contribution < 1.29 is 19.1 Å². The maximum absolute atomic E-state index is 11.7. The highest BCUT2D eigenvalue weighted by atomic mass is 32.2. The van der Waals surface area contributed by atoms with Crippen molar-refractivity contribution in [3.05, 3.63) is 16.0 Å². The number of ether oxygens (including phenoxy) is 2. The molecular weight excluding hydrogens is 489 g/mol. The summed E-state index contributed by atoms with van der Waals surface area (Å²) in [7, 11) is 2.76. The first-order valence-electron chi connectivity index (χ1n) is 7.16. The monoisotopic (exact) mass is 502 g/mol. The Balaban J connectivity index is 1.79. The number of hydrogen-bond acceptors (Lipinski definition) is 12. The number of unbranched alkanes of at least 4 members (excludes halogenated alkanes) is 1. The van der Waals surface area contributed by atoms with Gasteiger partial charge in [0, 0.05) is 0 Å². The van der Waals surface area contributed by atoms with E-state index in [9.17, 15) is 9.59 Å². The standard InChI is InChI=1S/C14H14O4S8/c1-17-9(15)7-11(25-13(19)23-7)21-5-3-4-6-22-12-8(10(16)18-2)24-14(20)26-12/h3-6H2,1-2H3. The average Bonchev–Trinajstić information content (AvgIpc) is 3.18. The van der Waals surface area contributed by atoms with Crippen LogP contribution in [-0.2, 0) is 9.47 Å². The molecule has 0 bridgehead atoms. The molecule has 4 nitrogen and oxygen atoms in total. The molecule has 2 heterocycles. The summed E-state index contributed by atoms with van der Waals surface area (Å²) in [6.45, 7) is 0. The molecule has 0 amide bonds. The Hall–Kier alpha value is 0.180. The van der Waals surface area contributed by atoms with Crippen LogP contribution in [0.1, 0.15) is 32.2 Å². The summed E-state index contributed by atoms with van der Waals surface area (Å²) in [5.74, 6) is 1.15. The van der Waals surface area contributed by atoms with Gasteiger partial charge in [0.05, 0.1) is 22.6 Å². The summed E-state index contributed by atoms with van der Waals surface area (Å²) in [5.41, 5.74) is 0. The summed E-state index contributed by atoms with van der Waals surface area (Å²) < 4.78 is 12.9. The normalized spacial score (nSPS) is 10.7. The number of esters is 2. The third-order valence-corrected chi connectivity index (χ3v) is 11.1. The van der Waals surface area contributed by atoms with E-state index < -0.39 is 0 Å². The van der Waals surface area contributed by atoms with Gasteiger partial charge in [-0.3, -0.25) is 0 Å². The Bertz CT molecular complexity index is 802. The fourth-order valence-electron chi connectivity index (χ4n) is 1.70. The predicted octanol–water partition coefficient (Wildman–Crippen LogP) is 6.63. The van der Waals surface area contributed by atoms with Crippen LogP contribution in [0.25, 0.3) is 0 Å². The largest absolute Gasteiger partial charge is 0.465 e. The predicted molar refractivity (Wildman–Crippen MR) is 119 cm³/mol. The van der Waals surface area contributed by atoms with E-state index >= 15 is 0 Å². The number of thioether (sulfide) groups is 2. The molecule has 0 spiro atoms. The fraction of sp³-hybridized carbons (Fsp3) is 0.429. The molecule has 0 radical (unpaired) electrons. The number of carbonyl (C=O) groups excluding carboxylic acids is 2. The van der Waals surface area contributed by atoms with Gasteiger partial charge in [0.25, 0.3) is 0 Å². The van der Waals surface area contributed by atoms with E-state index in [0.717, 1.165) is 39.0 Å². The molecule has 0 saturated heterocycles. The summed E-state index contributed by atoms with van der Waals surface area (Å²) in [6, 6.07) is 0. The second-order valence-corrected chi connectivity index (χ2v) is 13.7. The molecule has 0 fully saturated rings. The Morgan fingerprint density at radius 3 is 1.54 bits per heavy atom. The van der Waals surface area contributed by atoms with Crippen LogP contribution >= 0.6 is 93.3 Å². The van der Waals surface area contributed by atoms with Crippen LogP contribution < -0.4 is 0 Å². The maximum atomic E-state index is 11.7. The molecule has 2 aromatic heterocycles. The molecule has 26 heavy (non-hydrogen) atoms. The van der Waals surface area contributed by atoms with Crippen molar-refractivity contribution >= 4 is 105 Å². The third-order valence-electron chi connectivity index (χ3n) is 2.84. The highest BCUT2D eigenvalue weighted by molar-refractivity contribution is 8.02. The van der Waals surface area contributed by atoms with Crippen LogP contribution in [0, 0.1) is 6.28 Å². The minimum Gasteiger partial charge on any atom is -0.465 e. The fourth-order valence-corrected chi connectivity index (χ4v) is 10.2. The van der Waals surface area contributed by atoms with Crippen LogP contribution in [0.15, 0.2) is 8.42 Å². The number of methoxy groups -OCH3 is 2. The van der Waals surface area contributed by atoms with E-state index in [2.05, 4.69) is 0 Å². The Kier molecular flexibility index (Phi) is 9.72. The van der Waals surface area contributed by atoms with Gasteiger partial charge in [-0.05, 0) is 24.3 Å². The van der Waals surface area contributed by atoms with Gasteiger partial charge in [-0.25, -0.2) is 9.59 Å². The molecule has 0 atom stereocenters. The Morgan fingerprint density at radius 1 is 0.808 bits per heavy atom. The van der Waals surface area contributed by atoms with Crippen LogP contribution in [0.5, 0.6) is 0 Å². The van der Waals surface area contributed by atoms with Crippen LogP contribution in [-0.4, -0.2) is 37.7 Å². The van der Waals surface area contributed by atoms with Crippen molar-refractivity contribution in [2.45, 2.75) is 21.3 Å². The molecule has 0 saturated carbocycles. The lowest BCUT2D eigenvalue weighted by Crippen LogP contribution is -1.99. The molecule has 2 aromatic rings. The van der Waals surface area contributed by atoms with E-state index in [1.165, 1.54) is 59.6 Å². The molecule has 142 valence electrons. The molecule has 2 rings (SSSR count). The van der Waals surface area contributed by atoms with Crippen LogP contribution in [0.2, 0.25) is 0 Å². The topological polar surface area (TPSA) is 52.6 Å². The third kappa shape index (κ3) is 6.36. The average molecular weight is 503 g/mol. The number of carbonyl (C=O) groups is 2. The lowest BCUT2D eigenvalue weighted by molar-refractivity contribution is 0.0594. The van der Waals surface area contributed by atoms with Gasteiger partial charge >= 0.3 is 11.9 Å². The first kappa shape index (κ1) is 22.5. The van der Waals surface area contributed by atoms with Gasteiger partial charge in [0.15, 0.2) is 0 Å². The molecule has 0 unspecified atom stereocenters. The molecule has 0 aromatic carbocycles.